The minimum Gasteiger partial charge on any atom is -0.493 e. The van der Waals surface area contributed by atoms with Gasteiger partial charge in [0.05, 0.1) is 38.7 Å². The number of amides is 1. The number of rotatable bonds is 10. The molecule has 1 amide bonds. The van der Waals surface area contributed by atoms with Gasteiger partial charge in [0.2, 0.25) is 0 Å². The number of carbonyl (C=O) groups is 1. The topological polar surface area (TPSA) is 136 Å². The number of carbonyl (C=O) groups excluding carboxylic acids is 1. The lowest BCUT2D eigenvalue weighted by Gasteiger charge is -2.12. The second kappa shape index (κ2) is 11.4. The summed E-state index contributed by atoms with van der Waals surface area (Å²) >= 11 is 0. The molecule has 1 atom stereocenters. The number of hydrogen-bond acceptors (Lipinski definition) is 9. The number of nitrogens with two attached hydrogens (primary N) is 1. The van der Waals surface area contributed by atoms with Crippen molar-refractivity contribution < 1.29 is 36.9 Å². The third-order valence-electron chi connectivity index (χ3n) is 5.22. The molecule has 3 aromatic heterocycles. The molecule has 1 aromatic carbocycles. The molecular weight excluding hydrogens is 521 g/mol. The number of nitrogens with one attached hydrogen (secondary N) is 1. The zero-order chi connectivity index (χ0) is 28.2. The lowest BCUT2D eigenvalue weighted by Crippen LogP contribution is -2.23. The number of fused-ring (bicyclic) bond motifs is 1. The van der Waals surface area contributed by atoms with E-state index in [0.717, 1.165) is 0 Å². The zero-order valence-corrected chi connectivity index (χ0v) is 21.2. The molecule has 39 heavy (non-hydrogen) atoms. The summed E-state index contributed by atoms with van der Waals surface area (Å²) < 4.78 is 60.7. The van der Waals surface area contributed by atoms with E-state index in [1.807, 2.05) is 0 Å². The van der Waals surface area contributed by atoms with Crippen LogP contribution in [0.5, 0.6) is 28.7 Å². The van der Waals surface area contributed by atoms with Crippen molar-refractivity contribution in [3.63, 3.8) is 0 Å². The van der Waals surface area contributed by atoms with E-state index in [0.29, 0.717) is 33.9 Å². The molecule has 3 heterocycles. The average Bonchev–Trinajstić information content (AvgIpc) is 3.29. The van der Waals surface area contributed by atoms with E-state index in [-0.39, 0.29) is 29.8 Å². The van der Waals surface area contributed by atoms with Crippen LogP contribution < -0.4 is 30.0 Å². The smallest absolute Gasteiger partial charge is 0.422 e. The van der Waals surface area contributed by atoms with E-state index < -0.39 is 18.7 Å². The fourth-order valence-electron chi connectivity index (χ4n) is 3.57. The van der Waals surface area contributed by atoms with E-state index in [1.165, 1.54) is 37.4 Å². The zero-order valence-electron chi connectivity index (χ0n) is 21.2. The van der Waals surface area contributed by atoms with Crippen LogP contribution in [0.1, 0.15) is 17.4 Å². The molecule has 0 bridgehead atoms. The van der Waals surface area contributed by atoms with Crippen LogP contribution in [0.25, 0.3) is 10.9 Å². The van der Waals surface area contributed by atoms with E-state index in [2.05, 4.69) is 20.4 Å². The summed E-state index contributed by atoms with van der Waals surface area (Å²) in [5, 5.41) is 7.19. The molecule has 0 spiro atoms. The molecule has 4 rings (SSSR count). The Hall–Kier alpha value is -4.59. The molecule has 4 aromatic rings. The fourth-order valence-corrected chi connectivity index (χ4v) is 3.57. The number of nitrogens with zero attached hydrogens (tertiary/aromatic N) is 4. The Morgan fingerprint density at radius 1 is 1.08 bits per heavy atom. The van der Waals surface area contributed by atoms with Crippen LogP contribution >= 0.6 is 0 Å². The maximum Gasteiger partial charge on any atom is 0.422 e. The van der Waals surface area contributed by atoms with Gasteiger partial charge in [-0.05, 0) is 31.2 Å². The van der Waals surface area contributed by atoms with Crippen LogP contribution in [0.4, 0.5) is 19.0 Å². The summed E-state index contributed by atoms with van der Waals surface area (Å²) in [6.45, 7) is 0.277. The summed E-state index contributed by atoms with van der Waals surface area (Å²) in [5.41, 5.74) is 6.02. The van der Waals surface area contributed by atoms with Gasteiger partial charge in [0.15, 0.2) is 29.5 Å². The third kappa shape index (κ3) is 6.84. The standard InChI is InChI=1S/C25H25F3N6O5/c1-14(29)11-34-12-21(38-13-25(26,27)28)23(33-34)24(35)32-22-5-4-15(10-31-22)39-18-6-7-30-17-9-20(37-3)19(36-2)8-16(17)18/h4-10,12,14H,11,13,29H2,1-3H3,(H,31,32,35). The van der Waals surface area contributed by atoms with Crippen molar-refractivity contribution in [2.75, 3.05) is 26.1 Å². The minimum absolute atomic E-state index is 0.113. The first-order valence-electron chi connectivity index (χ1n) is 11.5. The predicted octanol–water partition coefficient (Wildman–Crippen LogP) is 4.18. The van der Waals surface area contributed by atoms with Gasteiger partial charge in [-0.15, -0.1) is 0 Å². The number of ether oxygens (including phenoxy) is 4. The first-order chi connectivity index (χ1) is 18.6. The number of hydrogen-bond donors (Lipinski definition) is 2. The summed E-state index contributed by atoms with van der Waals surface area (Å²) in [6, 6.07) is 7.80. The van der Waals surface area contributed by atoms with Crippen LogP contribution in [-0.4, -0.2) is 58.7 Å². The van der Waals surface area contributed by atoms with Crippen LogP contribution in [0.2, 0.25) is 0 Å². The molecule has 0 aliphatic heterocycles. The quantitative estimate of drug-likeness (QED) is 0.300. The van der Waals surface area contributed by atoms with Gasteiger partial charge in [-0.2, -0.15) is 18.3 Å². The summed E-state index contributed by atoms with van der Waals surface area (Å²) in [4.78, 5) is 21.3. The minimum atomic E-state index is -4.59. The number of methoxy groups -OCH3 is 2. The van der Waals surface area contributed by atoms with Gasteiger partial charge in [0.1, 0.15) is 17.3 Å². The second-order valence-corrected chi connectivity index (χ2v) is 8.41. The Kier molecular flexibility index (Phi) is 8.04. The van der Waals surface area contributed by atoms with Crippen molar-refractivity contribution in [2.24, 2.45) is 5.73 Å². The maximum atomic E-state index is 12.8. The number of aromatic nitrogens is 4. The lowest BCUT2D eigenvalue weighted by atomic mass is 10.2. The van der Waals surface area contributed by atoms with Crippen molar-refractivity contribution in [3.8, 4) is 28.7 Å². The number of anilines is 1. The summed E-state index contributed by atoms with van der Waals surface area (Å²) in [6.07, 6.45) is -0.448. The molecule has 11 nitrogen and oxygen atoms in total. The Bertz CT molecular complexity index is 1460. The molecule has 0 aliphatic carbocycles. The van der Waals surface area contributed by atoms with Gasteiger partial charge in [0.25, 0.3) is 5.91 Å². The predicted molar refractivity (Wildman–Crippen MR) is 135 cm³/mol. The molecule has 0 radical (unpaired) electrons. The van der Waals surface area contributed by atoms with E-state index in [1.54, 1.807) is 37.4 Å². The molecule has 0 fully saturated rings. The number of halogens is 3. The van der Waals surface area contributed by atoms with E-state index in [4.69, 9.17) is 24.7 Å². The van der Waals surface area contributed by atoms with Gasteiger partial charge in [0, 0.05) is 23.7 Å². The highest BCUT2D eigenvalue weighted by Gasteiger charge is 2.30. The Labute approximate surface area is 220 Å². The highest BCUT2D eigenvalue weighted by atomic mass is 19.4. The van der Waals surface area contributed by atoms with E-state index in [9.17, 15) is 18.0 Å². The van der Waals surface area contributed by atoms with Crippen molar-refractivity contribution in [1.82, 2.24) is 19.7 Å². The molecule has 14 heteroatoms. The lowest BCUT2D eigenvalue weighted by molar-refractivity contribution is -0.153. The van der Waals surface area contributed by atoms with Crippen LogP contribution in [0, 0.1) is 0 Å². The molecule has 1 unspecified atom stereocenters. The molecular formula is C25H25F3N6O5. The van der Waals surface area contributed by atoms with Crippen molar-refractivity contribution >= 4 is 22.6 Å². The van der Waals surface area contributed by atoms with Gasteiger partial charge in [-0.3, -0.25) is 14.5 Å². The fraction of sp³-hybridized carbons (Fsp3) is 0.280. The second-order valence-electron chi connectivity index (χ2n) is 8.41. The van der Waals surface area contributed by atoms with Crippen LogP contribution in [0.15, 0.2) is 48.9 Å². The van der Waals surface area contributed by atoms with Gasteiger partial charge in [-0.25, -0.2) is 4.98 Å². The monoisotopic (exact) mass is 546 g/mol. The van der Waals surface area contributed by atoms with Crippen LogP contribution in [-0.2, 0) is 6.54 Å². The normalized spacial score (nSPS) is 12.2. The number of pyridine rings is 2. The first kappa shape index (κ1) is 27.4. The molecule has 0 aliphatic rings. The Balaban J connectivity index is 1.51. The van der Waals surface area contributed by atoms with Gasteiger partial charge < -0.3 is 30.0 Å². The van der Waals surface area contributed by atoms with Crippen molar-refractivity contribution in [3.05, 3.63) is 54.6 Å². The largest absolute Gasteiger partial charge is 0.493 e. The Morgan fingerprint density at radius 2 is 1.82 bits per heavy atom. The van der Waals surface area contributed by atoms with Gasteiger partial charge in [-0.1, -0.05) is 0 Å². The first-order valence-corrected chi connectivity index (χ1v) is 11.5. The molecule has 0 saturated heterocycles. The summed E-state index contributed by atoms with van der Waals surface area (Å²) in [7, 11) is 3.05. The van der Waals surface area contributed by atoms with Crippen molar-refractivity contribution in [2.45, 2.75) is 25.7 Å². The molecule has 3 N–H and O–H groups in total. The van der Waals surface area contributed by atoms with Crippen molar-refractivity contribution in [1.29, 1.82) is 0 Å². The van der Waals surface area contributed by atoms with E-state index >= 15 is 0 Å². The highest BCUT2D eigenvalue weighted by molar-refractivity contribution is 6.04. The highest BCUT2D eigenvalue weighted by Crippen LogP contribution is 2.36. The molecule has 0 saturated carbocycles. The number of alkyl halides is 3. The van der Waals surface area contributed by atoms with Crippen LogP contribution in [0.3, 0.4) is 0 Å². The molecule has 206 valence electrons. The maximum absolute atomic E-state index is 12.8. The average molecular weight is 547 g/mol. The van der Waals surface area contributed by atoms with Gasteiger partial charge >= 0.3 is 6.18 Å². The number of benzene rings is 1. The Morgan fingerprint density at radius 3 is 2.46 bits per heavy atom. The summed E-state index contributed by atoms with van der Waals surface area (Å²) in [5.74, 6) is 0.824. The third-order valence-corrected chi connectivity index (χ3v) is 5.22. The SMILES string of the molecule is COc1cc2nccc(Oc3ccc(NC(=O)c4nn(CC(C)N)cc4OCC(F)(F)F)nc3)c2cc1OC.